The predicted octanol–water partition coefficient (Wildman–Crippen LogP) is 5.25. The van der Waals surface area contributed by atoms with Gasteiger partial charge in [0.25, 0.3) is 0 Å². The van der Waals surface area contributed by atoms with Crippen molar-refractivity contribution in [2.45, 2.75) is 65.2 Å². The van der Waals surface area contributed by atoms with Crippen LogP contribution >= 0.6 is 16.8 Å². The Morgan fingerprint density at radius 3 is 2.11 bits per heavy atom. The van der Waals surface area contributed by atoms with Crippen LogP contribution in [-0.2, 0) is 13.6 Å². The Morgan fingerprint density at radius 2 is 1.47 bits per heavy atom. The molecule has 0 aliphatic heterocycles. The van der Waals surface area contributed by atoms with Crippen LogP contribution in [0.2, 0.25) is 0 Å². The summed E-state index contributed by atoms with van der Waals surface area (Å²) in [6.45, 7) is 5.23. The van der Waals surface area contributed by atoms with Crippen molar-refractivity contribution >= 4 is 16.8 Å². The van der Waals surface area contributed by atoms with E-state index in [-0.39, 0.29) is 0 Å². The molecule has 3 nitrogen and oxygen atoms in total. The first kappa shape index (κ1) is 19.6. The lowest BCUT2D eigenvalue weighted by molar-refractivity contribution is 0.201. The van der Waals surface area contributed by atoms with Crippen molar-refractivity contribution in [1.82, 2.24) is 0 Å². The minimum absolute atomic E-state index is 0.538. The molecule has 0 spiro atoms. The molecule has 0 fully saturated rings. The van der Waals surface area contributed by atoms with Crippen LogP contribution in [0.3, 0.4) is 0 Å². The zero-order valence-corrected chi connectivity index (χ0v) is 14.8. The van der Waals surface area contributed by atoms with Crippen LogP contribution in [-0.4, -0.2) is 25.5 Å². The van der Waals surface area contributed by atoms with Crippen LogP contribution < -0.4 is 0 Å². The topological polar surface area (TPSA) is 35.5 Å². The number of hydrogen-bond acceptors (Lipinski definition) is 3. The largest absolute Gasteiger partial charge is 0.330 e. The molecule has 0 saturated carbocycles. The molecule has 2 atom stereocenters. The first-order valence-electron chi connectivity index (χ1n) is 7.76. The van der Waals surface area contributed by atoms with E-state index in [4.69, 9.17) is 9.05 Å². The molecule has 0 heterocycles. The lowest BCUT2D eigenvalue weighted by Crippen LogP contribution is -2.03. The molecule has 0 amide bonds. The highest BCUT2D eigenvalue weighted by Crippen LogP contribution is 2.49. The van der Waals surface area contributed by atoms with E-state index in [1.165, 1.54) is 25.4 Å². The van der Waals surface area contributed by atoms with Crippen molar-refractivity contribution in [3.05, 3.63) is 0 Å². The first-order valence-corrected chi connectivity index (χ1v) is 10.3. The summed E-state index contributed by atoms with van der Waals surface area (Å²) in [7, 11) is -0.0696. The summed E-state index contributed by atoms with van der Waals surface area (Å²) in [5.41, 5.74) is 0. The lowest BCUT2D eigenvalue weighted by atomic mass is 10.2. The zero-order valence-electron chi connectivity index (χ0n) is 12.7. The second-order valence-corrected chi connectivity index (χ2v) is 7.67. The monoisotopic (exact) mass is 310 g/mol. The molecule has 0 aromatic heterocycles. The van der Waals surface area contributed by atoms with Gasteiger partial charge in [0.05, 0.1) is 19.4 Å². The molecule has 0 aliphatic rings. The van der Waals surface area contributed by atoms with Gasteiger partial charge in [0, 0.05) is 0 Å². The van der Waals surface area contributed by atoms with Gasteiger partial charge in [-0.3, -0.25) is 4.57 Å². The van der Waals surface area contributed by atoms with Gasteiger partial charge in [-0.15, -0.1) is 9.24 Å². The highest BCUT2D eigenvalue weighted by molar-refractivity contribution is 7.53. The standard InChI is InChI=1S/C14H32O3P2/c1-3-5-12-17-19(15,16-11-4-2)14-10-8-6-7-9-13-18/h3-14,18H2,1-2H3. The van der Waals surface area contributed by atoms with E-state index in [1.807, 2.05) is 6.92 Å². The maximum atomic E-state index is 12.5. The molecule has 0 bridgehead atoms. The van der Waals surface area contributed by atoms with Crippen LogP contribution in [0.5, 0.6) is 0 Å². The van der Waals surface area contributed by atoms with Crippen LogP contribution in [0.4, 0.5) is 0 Å². The van der Waals surface area contributed by atoms with E-state index in [0.29, 0.717) is 19.4 Å². The smallest absolute Gasteiger partial charge is 0.309 e. The van der Waals surface area contributed by atoms with Crippen molar-refractivity contribution in [3.63, 3.8) is 0 Å². The molecule has 0 aliphatic carbocycles. The average Bonchev–Trinajstić information content (AvgIpc) is 2.41. The molecular formula is C14H32O3P2. The Balaban J connectivity index is 3.87. The molecule has 0 aromatic rings. The summed E-state index contributed by atoms with van der Waals surface area (Å²) < 4.78 is 23.5. The summed E-state index contributed by atoms with van der Waals surface area (Å²) in [6, 6.07) is 0. The van der Waals surface area contributed by atoms with Crippen LogP contribution in [0.1, 0.15) is 65.2 Å². The molecule has 116 valence electrons. The lowest BCUT2D eigenvalue weighted by Gasteiger charge is -2.18. The SMILES string of the molecule is CCCCOP(=O)(CCCCCCCP)OCCC. The number of hydrogen-bond donors (Lipinski definition) is 0. The second kappa shape index (κ2) is 13.6. The normalized spacial score (nSPS) is 14.5. The minimum atomic E-state index is -2.83. The average molecular weight is 310 g/mol. The van der Waals surface area contributed by atoms with Gasteiger partial charge in [0.15, 0.2) is 0 Å². The third-order valence-electron chi connectivity index (χ3n) is 2.91. The van der Waals surface area contributed by atoms with E-state index >= 15 is 0 Å². The summed E-state index contributed by atoms with van der Waals surface area (Å²) >= 11 is 0. The minimum Gasteiger partial charge on any atom is -0.309 e. The highest BCUT2D eigenvalue weighted by atomic mass is 31.2. The Hall–Kier alpha value is 0.580. The zero-order chi connectivity index (χ0) is 14.4. The molecule has 0 radical (unpaired) electrons. The van der Waals surface area contributed by atoms with E-state index in [2.05, 4.69) is 16.2 Å². The van der Waals surface area contributed by atoms with E-state index in [9.17, 15) is 4.57 Å². The van der Waals surface area contributed by atoms with E-state index in [0.717, 1.165) is 32.1 Å². The maximum Gasteiger partial charge on any atom is 0.330 e. The Labute approximate surface area is 122 Å². The van der Waals surface area contributed by atoms with E-state index < -0.39 is 7.60 Å². The molecule has 0 aromatic carbocycles. The van der Waals surface area contributed by atoms with Crippen LogP contribution in [0.15, 0.2) is 0 Å². The Bertz CT molecular complexity index is 235. The Kier molecular flexibility index (Phi) is 14.0. The van der Waals surface area contributed by atoms with Gasteiger partial charge in [-0.25, -0.2) is 0 Å². The molecule has 0 rings (SSSR count). The molecule has 0 N–H and O–H groups in total. The first-order chi connectivity index (χ1) is 9.18. The van der Waals surface area contributed by atoms with Crippen molar-refractivity contribution in [2.24, 2.45) is 0 Å². The third-order valence-corrected chi connectivity index (χ3v) is 5.34. The summed E-state index contributed by atoms with van der Waals surface area (Å²) in [4.78, 5) is 0. The van der Waals surface area contributed by atoms with Gasteiger partial charge in [-0.1, -0.05) is 39.5 Å². The Morgan fingerprint density at radius 1 is 0.842 bits per heavy atom. The van der Waals surface area contributed by atoms with Crippen molar-refractivity contribution in [3.8, 4) is 0 Å². The van der Waals surface area contributed by atoms with Gasteiger partial charge < -0.3 is 9.05 Å². The molecular weight excluding hydrogens is 278 g/mol. The molecule has 2 unspecified atom stereocenters. The van der Waals surface area contributed by atoms with Crippen molar-refractivity contribution in [1.29, 1.82) is 0 Å². The predicted molar refractivity (Wildman–Crippen MR) is 87.2 cm³/mol. The van der Waals surface area contributed by atoms with Gasteiger partial charge in [-0.05, 0) is 31.8 Å². The molecule has 19 heavy (non-hydrogen) atoms. The van der Waals surface area contributed by atoms with Gasteiger partial charge in [0.1, 0.15) is 0 Å². The molecule has 5 heteroatoms. The fraction of sp³-hybridized carbons (Fsp3) is 1.00. The number of unbranched alkanes of at least 4 members (excludes halogenated alkanes) is 5. The summed E-state index contributed by atoms with van der Waals surface area (Å²) in [6.07, 6.45) is 10.5. The van der Waals surface area contributed by atoms with E-state index in [1.54, 1.807) is 0 Å². The second-order valence-electron chi connectivity index (χ2n) is 4.91. The summed E-state index contributed by atoms with van der Waals surface area (Å²) in [5.74, 6) is 0. The highest BCUT2D eigenvalue weighted by Gasteiger charge is 2.23. The third kappa shape index (κ3) is 12.1. The maximum absolute atomic E-state index is 12.5. The molecule has 0 saturated heterocycles. The fourth-order valence-corrected chi connectivity index (χ4v) is 3.83. The van der Waals surface area contributed by atoms with Crippen LogP contribution in [0, 0.1) is 0 Å². The van der Waals surface area contributed by atoms with Crippen molar-refractivity contribution in [2.75, 3.05) is 25.5 Å². The van der Waals surface area contributed by atoms with Crippen molar-refractivity contribution < 1.29 is 13.6 Å². The van der Waals surface area contributed by atoms with Gasteiger partial charge in [0.2, 0.25) is 0 Å². The van der Waals surface area contributed by atoms with Gasteiger partial charge >= 0.3 is 7.60 Å². The fourth-order valence-electron chi connectivity index (χ4n) is 1.72. The van der Waals surface area contributed by atoms with Gasteiger partial charge in [-0.2, -0.15) is 0 Å². The summed E-state index contributed by atoms with van der Waals surface area (Å²) in [5, 5.41) is 0. The quantitative estimate of drug-likeness (QED) is 0.325. The van der Waals surface area contributed by atoms with Crippen LogP contribution in [0.25, 0.3) is 0 Å². The number of rotatable bonds is 14.